The van der Waals surface area contributed by atoms with E-state index in [1.165, 1.54) is 0 Å². The van der Waals surface area contributed by atoms with Gasteiger partial charge in [-0.25, -0.2) is 13.1 Å². The first kappa shape index (κ1) is 14.9. The van der Waals surface area contributed by atoms with Crippen LogP contribution in [0.5, 0.6) is 0 Å². The zero-order chi connectivity index (χ0) is 11.7. The minimum absolute atomic E-state index is 0.0844. The molecule has 0 rings (SSSR count). The van der Waals surface area contributed by atoms with E-state index >= 15 is 0 Å². The molecule has 4 nitrogen and oxygen atoms in total. The maximum Gasteiger partial charge on any atom is 0.213 e. The molecular weight excluding hydrogens is 212 g/mol. The van der Waals surface area contributed by atoms with Gasteiger partial charge in [-0.15, -0.1) is 0 Å². The van der Waals surface area contributed by atoms with Crippen LogP contribution >= 0.6 is 0 Å². The largest absolute Gasteiger partial charge is 0.316 e. The predicted octanol–water partition coefficient (Wildman–Crippen LogP) is 1.09. The highest BCUT2D eigenvalue weighted by atomic mass is 32.2. The molecule has 2 N–H and O–H groups in total. The number of hydrogen-bond donors (Lipinski definition) is 2. The molecule has 0 aromatic rings. The van der Waals surface area contributed by atoms with Crippen molar-refractivity contribution in [1.82, 2.24) is 10.0 Å². The monoisotopic (exact) mass is 236 g/mol. The summed E-state index contributed by atoms with van der Waals surface area (Å²) in [5.74, 6) is 0.170. The molecule has 0 atom stereocenters. The van der Waals surface area contributed by atoms with Crippen molar-refractivity contribution in [2.45, 2.75) is 46.1 Å². The summed E-state index contributed by atoms with van der Waals surface area (Å²) < 4.78 is 25.8. The van der Waals surface area contributed by atoms with Crippen molar-refractivity contribution in [3.8, 4) is 0 Å². The summed E-state index contributed by atoms with van der Waals surface area (Å²) in [7, 11) is -3.10. The Bertz CT molecular complexity index is 236. The zero-order valence-electron chi connectivity index (χ0n) is 10.0. The minimum Gasteiger partial charge on any atom is -0.316 e. The van der Waals surface area contributed by atoms with Gasteiger partial charge >= 0.3 is 0 Å². The van der Waals surface area contributed by atoms with E-state index < -0.39 is 10.0 Å². The molecule has 0 saturated carbocycles. The third-order valence-corrected chi connectivity index (χ3v) is 3.74. The highest BCUT2D eigenvalue weighted by Crippen LogP contribution is 1.98. The van der Waals surface area contributed by atoms with Crippen LogP contribution in [0.1, 0.15) is 40.0 Å². The van der Waals surface area contributed by atoms with Crippen LogP contribution in [0.15, 0.2) is 0 Å². The first-order valence-electron chi connectivity index (χ1n) is 5.76. The summed E-state index contributed by atoms with van der Waals surface area (Å²) in [5.41, 5.74) is 0. The van der Waals surface area contributed by atoms with Gasteiger partial charge in [-0.2, -0.15) is 0 Å². The van der Waals surface area contributed by atoms with Crippen LogP contribution in [-0.4, -0.2) is 33.3 Å². The summed E-state index contributed by atoms with van der Waals surface area (Å²) in [6.07, 6.45) is 2.72. The van der Waals surface area contributed by atoms with Crippen molar-refractivity contribution in [2.75, 3.05) is 18.8 Å². The molecule has 0 fully saturated rings. The molecule has 0 unspecified atom stereocenters. The van der Waals surface area contributed by atoms with Crippen molar-refractivity contribution >= 4 is 10.0 Å². The second-order valence-electron chi connectivity index (χ2n) is 3.70. The van der Waals surface area contributed by atoms with E-state index in [9.17, 15) is 8.42 Å². The smallest absolute Gasteiger partial charge is 0.213 e. The Hall–Kier alpha value is -0.130. The second-order valence-corrected chi connectivity index (χ2v) is 5.57. The molecule has 0 aliphatic carbocycles. The number of hydrogen-bond acceptors (Lipinski definition) is 3. The standard InChI is InChI=1S/C10H24N2O2S/c1-4-7-11-8-9-15(13,14)12-10(5-2)6-3/h10-12H,4-9H2,1-3H3. The fraction of sp³-hybridized carbons (Fsp3) is 1.00. The highest BCUT2D eigenvalue weighted by molar-refractivity contribution is 7.89. The quantitative estimate of drug-likeness (QED) is 0.589. The van der Waals surface area contributed by atoms with Gasteiger partial charge in [0.1, 0.15) is 0 Å². The lowest BCUT2D eigenvalue weighted by molar-refractivity contribution is 0.528. The highest BCUT2D eigenvalue weighted by Gasteiger charge is 2.14. The molecule has 92 valence electrons. The molecule has 0 aromatic heterocycles. The average molecular weight is 236 g/mol. The normalized spacial score (nSPS) is 12.3. The van der Waals surface area contributed by atoms with E-state index in [-0.39, 0.29) is 11.8 Å². The van der Waals surface area contributed by atoms with Crippen LogP contribution < -0.4 is 10.0 Å². The SMILES string of the molecule is CCCNCCS(=O)(=O)NC(CC)CC. The van der Waals surface area contributed by atoms with E-state index in [4.69, 9.17) is 0 Å². The van der Waals surface area contributed by atoms with E-state index in [1.54, 1.807) is 0 Å². The van der Waals surface area contributed by atoms with E-state index in [0.29, 0.717) is 6.54 Å². The Labute approximate surface area is 93.9 Å². The lowest BCUT2D eigenvalue weighted by Gasteiger charge is -2.14. The van der Waals surface area contributed by atoms with Crippen molar-refractivity contribution in [3.05, 3.63) is 0 Å². The first-order chi connectivity index (χ1) is 7.05. The predicted molar refractivity (Wildman–Crippen MR) is 64.5 cm³/mol. The van der Waals surface area contributed by atoms with Crippen molar-refractivity contribution < 1.29 is 8.42 Å². The zero-order valence-corrected chi connectivity index (χ0v) is 10.9. The van der Waals surface area contributed by atoms with Gasteiger partial charge in [0.15, 0.2) is 0 Å². The molecule has 0 aliphatic rings. The van der Waals surface area contributed by atoms with Gasteiger partial charge in [-0.1, -0.05) is 20.8 Å². The Balaban J connectivity index is 3.86. The summed E-state index contributed by atoms with van der Waals surface area (Å²) in [6.45, 7) is 7.45. The van der Waals surface area contributed by atoms with Crippen LogP contribution in [0.25, 0.3) is 0 Å². The Morgan fingerprint density at radius 1 is 1.07 bits per heavy atom. The molecule has 0 saturated heterocycles. The topological polar surface area (TPSA) is 58.2 Å². The minimum atomic E-state index is -3.10. The van der Waals surface area contributed by atoms with Gasteiger partial charge < -0.3 is 5.32 Å². The number of rotatable bonds is 9. The summed E-state index contributed by atoms with van der Waals surface area (Å²) in [4.78, 5) is 0. The molecule has 0 spiro atoms. The van der Waals surface area contributed by atoms with Crippen molar-refractivity contribution in [1.29, 1.82) is 0 Å². The fourth-order valence-corrected chi connectivity index (χ4v) is 2.65. The van der Waals surface area contributed by atoms with Crippen LogP contribution in [0.4, 0.5) is 0 Å². The maximum atomic E-state index is 11.6. The Kier molecular flexibility index (Phi) is 8.00. The van der Waals surface area contributed by atoms with Crippen LogP contribution in [0.2, 0.25) is 0 Å². The van der Waals surface area contributed by atoms with E-state index in [2.05, 4.69) is 17.0 Å². The molecule has 0 amide bonds. The lowest BCUT2D eigenvalue weighted by atomic mass is 10.2. The maximum absolute atomic E-state index is 11.6. The molecule has 0 aliphatic heterocycles. The molecule has 5 heteroatoms. The lowest BCUT2D eigenvalue weighted by Crippen LogP contribution is -2.38. The van der Waals surface area contributed by atoms with Crippen LogP contribution in [-0.2, 0) is 10.0 Å². The first-order valence-corrected chi connectivity index (χ1v) is 7.41. The molecular formula is C10H24N2O2S. The molecule has 0 heterocycles. The van der Waals surface area contributed by atoms with Crippen LogP contribution in [0, 0.1) is 0 Å². The average Bonchev–Trinajstić information content (AvgIpc) is 2.21. The van der Waals surface area contributed by atoms with Gasteiger partial charge in [0.2, 0.25) is 10.0 Å². The summed E-state index contributed by atoms with van der Waals surface area (Å²) >= 11 is 0. The Morgan fingerprint density at radius 2 is 1.67 bits per heavy atom. The third kappa shape index (κ3) is 7.76. The van der Waals surface area contributed by atoms with Crippen molar-refractivity contribution in [3.63, 3.8) is 0 Å². The van der Waals surface area contributed by atoms with Gasteiger partial charge in [0, 0.05) is 12.6 Å². The molecule has 15 heavy (non-hydrogen) atoms. The third-order valence-electron chi connectivity index (χ3n) is 2.31. The van der Waals surface area contributed by atoms with Gasteiger partial charge in [-0.3, -0.25) is 0 Å². The van der Waals surface area contributed by atoms with Gasteiger partial charge in [0.05, 0.1) is 5.75 Å². The summed E-state index contributed by atoms with van der Waals surface area (Å²) in [5, 5.41) is 3.08. The molecule has 0 bridgehead atoms. The van der Waals surface area contributed by atoms with Crippen LogP contribution in [0.3, 0.4) is 0 Å². The van der Waals surface area contributed by atoms with E-state index in [0.717, 1.165) is 25.8 Å². The fourth-order valence-electron chi connectivity index (χ4n) is 1.28. The van der Waals surface area contributed by atoms with Gasteiger partial charge in [0.25, 0.3) is 0 Å². The van der Waals surface area contributed by atoms with Crippen molar-refractivity contribution in [2.24, 2.45) is 0 Å². The molecule has 0 aromatic carbocycles. The number of sulfonamides is 1. The second kappa shape index (κ2) is 8.07. The number of nitrogens with one attached hydrogen (secondary N) is 2. The summed E-state index contributed by atoms with van der Waals surface area (Å²) in [6, 6.07) is 0.0844. The van der Waals surface area contributed by atoms with Gasteiger partial charge in [-0.05, 0) is 25.8 Å². The van der Waals surface area contributed by atoms with E-state index in [1.807, 2.05) is 13.8 Å². The molecule has 0 radical (unpaired) electrons. The Morgan fingerprint density at radius 3 is 2.13 bits per heavy atom.